The maximum atomic E-state index is 5.06. The molecule has 0 atom stereocenters. The summed E-state index contributed by atoms with van der Waals surface area (Å²) >= 11 is 0. The lowest BCUT2D eigenvalue weighted by atomic mass is 10.2. The minimum Gasteiger partial charge on any atom is -0.472 e. The van der Waals surface area contributed by atoms with E-state index in [-0.39, 0.29) is 0 Å². The molecular formula is C17H12N2O. The molecule has 96 valence electrons. The van der Waals surface area contributed by atoms with Crippen LogP contribution in [0.25, 0.3) is 21.8 Å². The molecular weight excluding hydrogens is 248 g/mol. The van der Waals surface area contributed by atoms with E-state index >= 15 is 0 Å². The van der Waals surface area contributed by atoms with Crippen molar-refractivity contribution in [3.05, 3.63) is 72.7 Å². The smallest absolute Gasteiger partial charge is 0.0991 e. The number of benzene rings is 2. The van der Waals surface area contributed by atoms with E-state index in [2.05, 4.69) is 41.5 Å². The fourth-order valence-electron chi connectivity index (χ4n) is 2.50. The van der Waals surface area contributed by atoms with E-state index in [0.29, 0.717) is 0 Å². The van der Waals surface area contributed by atoms with Crippen LogP contribution in [0.1, 0.15) is 5.56 Å². The maximum absolute atomic E-state index is 5.06. The highest BCUT2D eigenvalue weighted by atomic mass is 16.3. The summed E-state index contributed by atoms with van der Waals surface area (Å²) in [6.07, 6.45) is 5.13. The molecule has 2 aromatic carbocycles. The van der Waals surface area contributed by atoms with Crippen molar-refractivity contribution in [2.75, 3.05) is 0 Å². The molecule has 0 aliphatic carbocycles. The van der Waals surface area contributed by atoms with E-state index in [4.69, 9.17) is 4.42 Å². The highest BCUT2D eigenvalue weighted by Gasteiger charge is 2.08. The summed E-state index contributed by atoms with van der Waals surface area (Å²) in [7, 11) is 0. The van der Waals surface area contributed by atoms with Gasteiger partial charge in [0.15, 0.2) is 0 Å². The number of para-hydroxylation sites is 2. The lowest BCUT2D eigenvalue weighted by molar-refractivity contribution is 0.567. The van der Waals surface area contributed by atoms with E-state index in [1.165, 1.54) is 10.8 Å². The third kappa shape index (κ3) is 1.64. The van der Waals surface area contributed by atoms with Gasteiger partial charge in [-0.05, 0) is 18.2 Å². The highest BCUT2D eigenvalue weighted by Crippen LogP contribution is 2.28. The van der Waals surface area contributed by atoms with Gasteiger partial charge in [0.05, 0.1) is 29.8 Å². The first kappa shape index (κ1) is 11.1. The second-order valence-corrected chi connectivity index (χ2v) is 4.65. The Hall–Kier alpha value is -2.81. The number of fused-ring (bicyclic) bond motifs is 3. The van der Waals surface area contributed by atoms with Crippen molar-refractivity contribution in [1.82, 2.24) is 4.68 Å². The molecule has 0 saturated heterocycles. The number of nitrogens with zero attached hydrogens (tertiary/aromatic N) is 2. The second kappa shape index (κ2) is 4.38. The largest absolute Gasteiger partial charge is 0.472 e. The third-order valence-electron chi connectivity index (χ3n) is 3.42. The highest BCUT2D eigenvalue weighted by molar-refractivity contribution is 6.08. The monoisotopic (exact) mass is 260 g/mol. The van der Waals surface area contributed by atoms with Crippen LogP contribution in [0, 0.1) is 0 Å². The summed E-state index contributed by atoms with van der Waals surface area (Å²) in [5.41, 5.74) is 3.16. The number of hydrogen-bond donors (Lipinski definition) is 0. The van der Waals surface area contributed by atoms with Crippen molar-refractivity contribution in [1.29, 1.82) is 0 Å². The first-order valence-corrected chi connectivity index (χ1v) is 6.48. The SMILES string of the molecule is C(=Nn1c2ccccc2c2ccccc21)c1ccoc1. The van der Waals surface area contributed by atoms with Gasteiger partial charge in [0.25, 0.3) is 0 Å². The summed E-state index contributed by atoms with van der Waals surface area (Å²) in [5, 5.41) is 7.03. The van der Waals surface area contributed by atoms with Gasteiger partial charge in [0.2, 0.25) is 0 Å². The molecule has 20 heavy (non-hydrogen) atoms. The van der Waals surface area contributed by atoms with E-state index in [0.717, 1.165) is 16.6 Å². The second-order valence-electron chi connectivity index (χ2n) is 4.65. The van der Waals surface area contributed by atoms with Crippen LogP contribution in [0.4, 0.5) is 0 Å². The van der Waals surface area contributed by atoms with Gasteiger partial charge in [0.1, 0.15) is 0 Å². The predicted molar refractivity (Wildman–Crippen MR) is 81.1 cm³/mol. The lowest BCUT2D eigenvalue weighted by Gasteiger charge is -1.98. The topological polar surface area (TPSA) is 30.4 Å². The van der Waals surface area contributed by atoms with Crippen molar-refractivity contribution in [3.63, 3.8) is 0 Å². The Morgan fingerprint density at radius 1 is 0.850 bits per heavy atom. The Kier molecular flexibility index (Phi) is 2.42. The molecule has 2 heterocycles. The zero-order valence-electron chi connectivity index (χ0n) is 10.7. The fraction of sp³-hybridized carbons (Fsp3) is 0. The first-order valence-electron chi connectivity index (χ1n) is 6.48. The van der Waals surface area contributed by atoms with Crippen LogP contribution in [0.3, 0.4) is 0 Å². The van der Waals surface area contributed by atoms with Gasteiger partial charge in [-0.1, -0.05) is 36.4 Å². The van der Waals surface area contributed by atoms with Crippen LogP contribution in [0.15, 0.2) is 76.6 Å². The Morgan fingerprint density at radius 3 is 2.10 bits per heavy atom. The molecule has 2 aromatic heterocycles. The van der Waals surface area contributed by atoms with Crippen molar-refractivity contribution in [2.24, 2.45) is 5.10 Å². The molecule has 0 N–H and O–H groups in total. The van der Waals surface area contributed by atoms with E-state index in [1.807, 2.05) is 29.1 Å². The van der Waals surface area contributed by atoms with Crippen LogP contribution in [-0.4, -0.2) is 10.9 Å². The Bertz CT molecular complexity index is 848. The van der Waals surface area contributed by atoms with Crippen LogP contribution < -0.4 is 0 Å². The van der Waals surface area contributed by atoms with Crippen LogP contribution in [-0.2, 0) is 0 Å². The lowest BCUT2D eigenvalue weighted by Crippen LogP contribution is -1.89. The number of rotatable bonds is 2. The number of furan rings is 1. The van der Waals surface area contributed by atoms with E-state index in [9.17, 15) is 0 Å². The molecule has 4 aromatic rings. The van der Waals surface area contributed by atoms with Gasteiger partial charge in [-0.3, -0.25) is 0 Å². The summed E-state index contributed by atoms with van der Waals surface area (Å²) in [6, 6.07) is 18.5. The number of hydrogen-bond acceptors (Lipinski definition) is 2. The molecule has 0 unspecified atom stereocenters. The minimum absolute atomic E-state index is 0.951. The van der Waals surface area contributed by atoms with Gasteiger partial charge in [-0.15, -0.1) is 0 Å². The molecule has 3 nitrogen and oxygen atoms in total. The van der Waals surface area contributed by atoms with Crippen molar-refractivity contribution < 1.29 is 4.42 Å². The van der Waals surface area contributed by atoms with Crippen LogP contribution in [0.5, 0.6) is 0 Å². The Labute approximate surface area is 115 Å². The van der Waals surface area contributed by atoms with Crippen molar-refractivity contribution in [3.8, 4) is 0 Å². The summed E-state index contributed by atoms with van der Waals surface area (Å²) in [5.74, 6) is 0. The molecule has 4 rings (SSSR count). The summed E-state index contributed by atoms with van der Waals surface area (Å²) in [6.45, 7) is 0. The molecule has 3 heteroatoms. The molecule has 0 saturated carbocycles. The average Bonchev–Trinajstić information content (AvgIpc) is 3.11. The normalized spacial score (nSPS) is 11.8. The van der Waals surface area contributed by atoms with Gasteiger partial charge in [-0.25, -0.2) is 4.68 Å². The van der Waals surface area contributed by atoms with Crippen LogP contribution >= 0.6 is 0 Å². The Morgan fingerprint density at radius 2 is 1.50 bits per heavy atom. The van der Waals surface area contributed by atoms with Gasteiger partial charge in [0, 0.05) is 16.3 Å². The third-order valence-corrected chi connectivity index (χ3v) is 3.42. The standard InChI is InChI=1S/C17H12N2O/c1-3-7-16-14(5-1)15-6-2-4-8-17(15)19(16)18-11-13-9-10-20-12-13/h1-12H. The van der Waals surface area contributed by atoms with Gasteiger partial charge in [-0.2, -0.15) is 5.10 Å². The van der Waals surface area contributed by atoms with Crippen molar-refractivity contribution in [2.45, 2.75) is 0 Å². The number of aromatic nitrogens is 1. The molecule has 0 aliphatic heterocycles. The molecule has 0 fully saturated rings. The summed E-state index contributed by atoms with van der Waals surface area (Å²) in [4.78, 5) is 0. The first-order chi connectivity index (χ1) is 9.93. The quantitative estimate of drug-likeness (QED) is 0.495. The predicted octanol–water partition coefficient (Wildman–Crippen LogP) is 4.27. The average molecular weight is 260 g/mol. The van der Waals surface area contributed by atoms with Gasteiger partial charge >= 0.3 is 0 Å². The molecule has 0 aliphatic rings. The zero-order valence-corrected chi connectivity index (χ0v) is 10.7. The van der Waals surface area contributed by atoms with Crippen molar-refractivity contribution >= 4 is 28.0 Å². The van der Waals surface area contributed by atoms with Gasteiger partial charge < -0.3 is 4.42 Å². The molecule has 0 spiro atoms. The molecule has 0 radical (unpaired) electrons. The van der Waals surface area contributed by atoms with E-state index < -0.39 is 0 Å². The maximum Gasteiger partial charge on any atom is 0.0991 e. The van der Waals surface area contributed by atoms with E-state index in [1.54, 1.807) is 12.5 Å². The molecule has 0 bridgehead atoms. The Balaban J connectivity index is 2.00. The zero-order chi connectivity index (χ0) is 13.4. The molecule has 0 amide bonds. The minimum atomic E-state index is 0.951. The fourth-order valence-corrected chi connectivity index (χ4v) is 2.50. The van der Waals surface area contributed by atoms with Crippen LogP contribution in [0.2, 0.25) is 0 Å². The summed E-state index contributed by atoms with van der Waals surface area (Å²) < 4.78 is 7.03.